The molecular weight excluding hydrogens is 274 g/mol. The van der Waals surface area contributed by atoms with Crippen molar-refractivity contribution in [2.75, 3.05) is 33.2 Å². The van der Waals surface area contributed by atoms with Crippen molar-refractivity contribution in [2.24, 2.45) is 5.73 Å². The normalized spacial score (nSPS) is 20.6. The molecule has 6 heteroatoms. The fraction of sp³-hybridized carbons (Fsp3) is 0.571. The fourth-order valence-electron chi connectivity index (χ4n) is 2.36. The zero-order chi connectivity index (χ0) is 14.8. The maximum Gasteiger partial charge on any atom is 0.243 e. The quantitative estimate of drug-likeness (QED) is 0.905. The summed E-state index contributed by atoms with van der Waals surface area (Å²) in [6.45, 7) is 4.73. The Kier molecular flexibility index (Phi) is 4.80. The number of nitrogens with two attached hydrogens (primary N) is 1. The molecule has 1 atom stereocenters. The number of nitrogens with zero attached hydrogens (tertiary/aromatic N) is 2. The van der Waals surface area contributed by atoms with Gasteiger partial charge in [0.1, 0.15) is 0 Å². The molecule has 1 saturated heterocycles. The van der Waals surface area contributed by atoms with Gasteiger partial charge in [-0.25, -0.2) is 8.42 Å². The molecule has 2 N–H and O–H groups in total. The highest BCUT2D eigenvalue weighted by atomic mass is 32.2. The predicted molar refractivity (Wildman–Crippen MR) is 79.9 cm³/mol. The third-order valence-electron chi connectivity index (χ3n) is 3.72. The maximum atomic E-state index is 12.6. The van der Waals surface area contributed by atoms with Gasteiger partial charge in [-0.05, 0) is 44.6 Å². The van der Waals surface area contributed by atoms with E-state index in [0.717, 1.165) is 25.1 Å². The van der Waals surface area contributed by atoms with Crippen LogP contribution in [-0.4, -0.2) is 50.8 Å². The molecule has 1 heterocycles. The van der Waals surface area contributed by atoms with Gasteiger partial charge in [-0.15, -0.1) is 0 Å². The van der Waals surface area contributed by atoms with Gasteiger partial charge in [-0.2, -0.15) is 4.31 Å². The Morgan fingerprint density at radius 1 is 1.10 bits per heavy atom. The Morgan fingerprint density at radius 2 is 1.75 bits per heavy atom. The molecule has 2 rings (SSSR count). The van der Waals surface area contributed by atoms with Crippen molar-refractivity contribution >= 4 is 10.0 Å². The summed E-state index contributed by atoms with van der Waals surface area (Å²) < 4.78 is 26.8. The first-order valence-electron chi connectivity index (χ1n) is 6.95. The predicted octanol–water partition coefficient (Wildman–Crippen LogP) is 1.03. The van der Waals surface area contributed by atoms with E-state index in [0.29, 0.717) is 18.0 Å². The zero-order valence-electron chi connectivity index (χ0n) is 12.1. The molecule has 112 valence electrons. The smallest absolute Gasteiger partial charge is 0.243 e. The fourth-order valence-corrected chi connectivity index (χ4v) is 3.83. The van der Waals surface area contributed by atoms with Crippen molar-refractivity contribution in [1.82, 2.24) is 9.21 Å². The molecule has 1 aliphatic rings. The molecule has 0 saturated carbocycles. The average Bonchev–Trinajstić information content (AvgIpc) is 2.64. The van der Waals surface area contributed by atoms with Gasteiger partial charge in [0.15, 0.2) is 0 Å². The molecule has 1 aromatic carbocycles. The summed E-state index contributed by atoms with van der Waals surface area (Å²) in [4.78, 5) is 2.51. The summed E-state index contributed by atoms with van der Waals surface area (Å²) >= 11 is 0. The third kappa shape index (κ3) is 3.38. The largest absolute Gasteiger partial charge is 0.324 e. The molecule has 0 aromatic heterocycles. The summed E-state index contributed by atoms with van der Waals surface area (Å²) in [5.41, 5.74) is 6.73. The number of hydrogen-bond acceptors (Lipinski definition) is 4. The molecule has 1 unspecified atom stereocenters. The minimum Gasteiger partial charge on any atom is -0.324 e. The van der Waals surface area contributed by atoms with Crippen LogP contribution in [0.1, 0.15) is 24.9 Å². The van der Waals surface area contributed by atoms with Crippen LogP contribution in [0.2, 0.25) is 0 Å². The van der Waals surface area contributed by atoms with Crippen LogP contribution in [0.3, 0.4) is 0 Å². The van der Waals surface area contributed by atoms with Crippen molar-refractivity contribution < 1.29 is 8.42 Å². The lowest BCUT2D eigenvalue weighted by atomic mass is 10.1. The lowest BCUT2D eigenvalue weighted by Gasteiger charge is -2.20. The van der Waals surface area contributed by atoms with Crippen molar-refractivity contribution in [1.29, 1.82) is 0 Å². The van der Waals surface area contributed by atoms with E-state index in [4.69, 9.17) is 5.73 Å². The summed E-state index contributed by atoms with van der Waals surface area (Å²) in [7, 11) is -1.36. The molecule has 0 radical (unpaired) electrons. The van der Waals surface area contributed by atoms with E-state index in [9.17, 15) is 8.42 Å². The van der Waals surface area contributed by atoms with E-state index >= 15 is 0 Å². The topological polar surface area (TPSA) is 66.6 Å². The molecule has 0 amide bonds. The summed E-state index contributed by atoms with van der Waals surface area (Å²) in [6.07, 6.45) is 0.869. The number of benzene rings is 1. The van der Waals surface area contributed by atoms with E-state index in [-0.39, 0.29) is 6.04 Å². The van der Waals surface area contributed by atoms with Crippen molar-refractivity contribution in [3.05, 3.63) is 29.8 Å². The first kappa shape index (κ1) is 15.4. The van der Waals surface area contributed by atoms with Crippen LogP contribution in [0.4, 0.5) is 0 Å². The Bertz CT molecular complexity index is 540. The highest BCUT2D eigenvalue weighted by Gasteiger charge is 2.26. The summed E-state index contributed by atoms with van der Waals surface area (Å²) in [5.74, 6) is 0. The Hall–Kier alpha value is -0.950. The zero-order valence-corrected chi connectivity index (χ0v) is 12.9. The molecule has 20 heavy (non-hydrogen) atoms. The maximum absolute atomic E-state index is 12.6. The van der Waals surface area contributed by atoms with Crippen LogP contribution in [0, 0.1) is 0 Å². The highest BCUT2D eigenvalue weighted by Crippen LogP contribution is 2.19. The van der Waals surface area contributed by atoms with E-state index in [1.807, 2.05) is 14.0 Å². The molecule has 0 bridgehead atoms. The van der Waals surface area contributed by atoms with E-state index in [2.05, 4.69) is 4.90 Å². The molecule has 1 aliphatic heterocycles. The van der Waals surface area contributed by atoms with Gasteiger partial charge in [0.05, 0.1) is 4.90 Å². The van der Waals surface area contributed by atoms with Gasteiger partial charge in [-0.3, -0.25) is 0 Å². The first-order valence-corrected chi connectivity index (χ1v) is 8.39. The second-order valence-corrected chi connectivity index (χ2v) is 7.36. The van der Waals surface area contributed by atoms with Gasteiger partial charge >= 0.3 is 0 Å². The van der Waals surface area contributed by atoms with Gasteiger partial charge < -0.3 is 10.6 Å². The lowest BCUT2D eigenvalue weighted by Crippen LogP contribution is -2.34. The van der Waals surface area contributed by atoms with E-state index < -0.39 is 10.0 Å². The summed E-state index contributed by atoms with van der Waals surface area (Å²) in [5, 5.41) is 0. The van der Waals surface area contributed by atoms with E-state index in [1.165, 1.54) is 0 Å². The van der Waals surface area contributed by atoms with Crippen molar-refractivity contribution in [2.45, 2.75) is 24.3 Å². The number of rotatable bonds is 3. The van der Waals surface area contributed by atoms with Crippen LogP contribution >= 0.6 is 0 Å². The minimum atomic E-state index is -3.39. The highest BCUT2D eigenvalue weighted by molar-refractivity contribution is 7.89. The number of sulfonamides is 1. The van der Waals surface area contributed by atoms with Gasteiger partial charge in [0, 0.05) is 25.7 Å². The van der Waals surface area contributed by atoms with E-state index in [1.54, 1.807) is 28.6 Å². The number of hydrogen-bond donors (Lipinski definition) is 1. The Morgan fingerprint density at radius 3 is 2.35 bits per heavy atom. The lowest BCUT2D eigenvalue weighted by molar-refractivity contribution is 0.347. The molecule has 1 aromatic rings. The first-order chi connectivity index (χ1) is 9.41. The van der Waals surface area contributed by atoms with Crippen molar-refractivity contribution in [3.63, 3.8) is 0 Å². The SMILES string of the molecule is CC(N)c1ccc(S(=O)(=O)N2CCCN(C)CC2)cc1. The number of likely N-dealkylation sites (N-methyl/N-ethyl adjacent to an activating group) is 1. The van der Waals surface area contributed by atoms with Crippen LogP contribution in [-0.2, 0) is 10.0 Å². The Labute approximate surface area is 121 Å². The van der Waals surface area contributed by atoms with Crippen LogP contribution < -0.4 is 5.73 Å². The monoisotopic (exact) mass is 297 g/mol. The third-order valence-corrected chi connectivity index (χ3v) is 5.64. The minimum absolute atomic E-state index is 0.0846. The van der Waals surface area contributed by atoms with Gasteiger partial charge in [0.2, 0.25) is 10.0 Å². The molecule has 0 aliphatic carbocycles. The molecule has 0 spiro atoms. The Balaban J connectivity index is 2.21. The average molecular weight is 297 g/mol. The molecule has 1 fully saturated rings. The molecule has 5 nitrogen and oxygen atoms in total. The summed E-state index contributed by atoms with van der Waals surface area (Å²) in [6, 6.07) is 6.81. The van der Waals surface area contributed by atoms with Gasteiger partial charge in [0.25, 0.3) is 0 Å². The molecular formula is C14H23N3O2S. The van der Waals surface area contributed by atoms with Crippen LogP contribution in [0.5, 0.6) is 0 Å². The van der Waals surface area contributed by atoms with Gasteiger partial charge in [-0.1, -0.05) is 12.1 Å². The standard InChI is InChI=1S/C14H23N3O2S/c1-12(15)13-4-6-14(7-5-13)20(18,19)17-9-3-8-16(2)10-11-17/h4-7,12H,3,8-11,15H2,1-2H3. The van der Waals surface area contributed by atoms with Crippen LogP contribution in [0.15, 0.2) is 29.2 Å². The second-order valence-electron chi connectivity index (χ2n) is 5.42. The van der Waals surface area contributed by atoms with Crippen molar-refractivity contribution in [3.8, 4) is 0 Å². The second kappa shape index (κ2) is 6.22. The van der Waals surface area contributed by atoms with Crippen LogP contribution in [0.25, 0.3) is 0 Å².